The second-order valence-electron chi connectivity index (χ2n) is 21.1. The molecular weight excluding hydrogens is 887 g/mol. The van der Waals surface area contributed by atoms with E-state index in [9.17, 15) is 0 Å². The molecule has 2 heterocycles. The van der Waals surface area contributed by atoms with Gasteiger partial charge in [-0.3, -0.25) is 0 Å². The number of para-hydroxylation sites is 5. The highest BCUT2D eigenvalue weighted by molar-refractivity contribution is 5.93. The van der Waals surface area contributed by atoms with Crippen LogP contribution in [0.1, 0.15) is 61.7 Å². The third kappa shape index (κ3) is 7.17. The number of hydrogen-bond acceptors (Lipinski definition) is 4. The van der Waals surface area contributed by atoms with Gasteiger partial charge in [-0.1, -0.05) is 131 Å². The Kier molecular flexibility index (Phi) is 10.3. The Morgan fingerprint density at radius 1 is 0.384 bits per heavy atom. The van der Waals surface area contributed by atoms with Crippen molar-refractivity contribution in [3.63, 3.8) is 0 Å². The fraction of sp³-hybridized carbons (Fsp3) is 0.132. The van der Waals surface area contributed by atoms with Crippen molar-refractivity contribution in [1.29, 1.82) is 0 Å². The Hall–Kier alpha value is -8.67. The van der Waals surface area contributed by atoms with E-state index in [0.29, 0.717) is 0 Å². The number of anilines is 9. The standard InChI is InChI=1S/C68H58N5/c1-67(2)60-42-54(71(49-18-10-7-11-19-49)52-30-26-46(27-31-52)47-38-40-69(5)41-39-47)34-36-56(60)58-44-63-59(45-62(58)67)57-37-35-55(43-61(57)68(63,3)4)72(50-20-12-8-13-21-50)53-32-28-48(29-33-53)66-70(6)64-24-16-17-25-65(64)73(66)51-22-14-9-15-23-51/h7-45,66H,1-6H3/q+1. The lowest BCUT2D eigenvalue weighted by molar-refractivity contribution is -0.671. The maximum atomic E-state index is 2.53. The topological polar surface area (TPSA) is 16.8 Å². The summed E-state index contributed by atoms with van der Waals surface area (Å²) in [6.45, 7) is 9.64. The van der Waals surface area contributed by atoms with E-state index in [0.717, 1.165) is 34.1 Å². The molecule has 5 nitrogen and oxygen atoms in total. The van der Waals surface area contributed by atoms with Crippen LogP contribution in [0.5, 0.6) is 0 Å². The first-order valence-electron chi connectivity index (χ1n) is 25.6. The zero-order valence-corrected chi connectivity index (χ0v) is 42.3. The summed E-state index contributed by atoms with van der Waals surface area (Å²) < 4.78 is 2.07. The van der Waals surface area contributed by atoms with Crippen LogP contribution in [0.15, 0.2) is 237 Å². The number of nitrogens with zero attached hydrogens (tertiary/aromatic N) is 5. The Balaban J connectivity index is 0.843. The van der Waals surface area contributed by atoms with Crippen molar-refractivity contribution in [3.8, 4) is 33.4 Å². The molecule has 73 heavy (non-hydrogen) atoms. The van der Waals surface area contributed by atoms with Crippen LogP contribution in [0.25, 0.3) is 33.4 Å². The fourth-order valence-electron chi connectivity index (χ4n) is 12.2. The summed E-state index contributed by atoms with van der Waals surface area (Å²) in [7, 11) is 4.26. The van der Waals surface area contributed by atoms with Gasteiger partial charge in [-0.2, -0.15) is 0 Å². The van der Waals surface area contributed by atoms with Gasteiger partial charge in [0.15, 0.2) is 12.4 Å². The minimum atomic E-state index is -0.231. The van der Waals surface area contributed by atoms with Crippen LogP contribution in [-0.2, 0) is 17.9 Å². The average molecular weight is 945 g/mol. The lowest BCUT2D eigenvalue weighted by atomic mass is 9.79. The molecule has 0 bridgehead atoms. The molecule has 0 radical (unpaired) electrons. The van der Waals surface area contributed by atoms with Crippen LogP contribution < -0.4 is 24.2 Å². The Morgan fingerprint density at radius 2 is 0.781 bits per heavy atom. The summed E-state index contributed by atoms with van der Waals surface area (Å²) in [5, 5.41) is 0. The number of aromatic nitrogens is 1. The molecule has 10 aromatic rings. The van der Waals surface area contributed by atoms with Gasteiger partial charge in [-0.05, 0) is 170 Å². The van der Waals surface area contributed by atoms with Crippen LogP contribution in [0.4, 0.5) is 51.2 Å². The van der Waals surface area contributed by atoms with Gasteiger partial charge in [0.25, 0.3) is 0 Å². The van der Waals surface area contributed by atoms with Gasteiger partial charge < -0.3 is 19.6 Å². The number of pyridine rings is 1. The summed E-state index contributed by atoms with van der Waals surface area (Å²) in [6, 6.07) is 82.9. The molecule has 0 spiro atoms. The maximum absolute atomic E-state index is 2.53. The van der Waals surface area contributed by atoms with Crippen LogP contribution in [0, 0.1) is 0 Å². The summed E-state index contributed by atoms with van der Waals surface area (Å²) >= 11 is 0. The predicted octanol–water partition coefficient (Wildman–Crippen LogP) is 17.0. The van der Waals surface area contributed by atoms with E-state index < -0.39 is 0 Å². The largest absolute Gasteiger partial charge is 0.349 e. The zero-order valence-electron chi connectivity index (χ0n) is 42.3. The normalized spacial score (nSPS) is 15.3. The highest BCUT2D eigenvalue weighted by Gasteiger charge is 2.43. The van der Waals surface area contributed by atoms with Crippen LogP contribution in [0.3, 0.4) is 0 Å². The van der Waals surface area contributed by atoms with E-state index in [2.05, 4.69) is 303 Å². The molecule has 2 aliphatic carbocycles. The molecule has 5 heteroatoms. The molecule has 1 aromatic heterocycles. The monoisotopic (exact) mass is 944 g/mol. The molecule has 354 valence electrons. The van der Waals surface area contributed by atoms with E-state index in [4.69, 9.17) is 0 Å². The predicted molar refractivity (Wildman–Crippen MR) is 304 cm³/mol. The van der Waals surface area contributed by atoms with Crippen molar-refractivity contribution in [2.75, 3.05) is 26.6 Å². The maximum Gasteiger partial charge on any atom is 0.169 e. The van der Waals surface area contributed by atoms with Crippen molar-refractivity contribution < 1.29 is 4.57 Å². The molecule has 1 atom stereocenters. The van der Waals surface area contributed by atoms with Gasteiger partial charge in [0.1, 0.15) is 13.2 Å². The first-order valence-corrected chi connectivity index (χ1v) is 25.6. The number of fused-ring (bicyclic) bond motifs is 7. The third-order valence-corrected chi connectivity index (χ3v) is 16.0. The molecule has 1 aliphatic heterocycles. The van der Waals surface area contributed by atoms with Crippen molar-refractivity contribution in [1.82, 2.24) is 0 Å². The molecule has 1 unspecified atom stereocenters. The summed E-state index contributed by atoms with van der Waals surface area (Å²) in [5.41, 5.74) is 24.4. The first-order chi connectivity index (χ1) is 35.5. The second kappa shape index (κ2) is 17.0. The summed E-state index contributed by atoms with van der Waals surface area (Å²) in [5.74, 6) is 0. The SMILES string of the molecule is CN1c2ccccc2N(c2ccccc2)C1c1ccc(N(c2ccccc2)c2ccc3c(c2)C(C)(C)c2cc4c(cc2-3)C(C)(C)c2cc(N(c3ccccc3)c3ccc(-c5cc[n+](C)cc5)cc3)ccc2-4)cc1. The molecule has 0 fully saturated rings. The Labute approximate surface area is 430 Å². The number of benzene rings is 9. The van der Waals surface area contributed by atoms with Gasteiger partial charge in [0, 0.05) is 69.8 Å². The van der Waals surface area contributed by atoms with Gasteiger partial charge in [-0.25, -0.2) is 4.57 Å². The summed E-state index contributed by atoms with van der Waals surface area (Å²) in [6.07, 6.45) is 4.21. The molecular formula is C68H58N5+. The number of hydrogen-bond donors (Lipinski definition) is 0. The molecule has 3 aliphatic rings. The third-order valence-electron chi connectivity index (χ3n) is 16.0. The summed E-state index contributed by atoms with van der Waals surface area (Å²) in [4.78, 5) is 9.66. The minimum Gasteiger partial charge on any atom is -0.349 e. The van der Waals surface area contributed by atoms with Crippen LogP contribution >= 0.6 is 0 Å². The van der Waals surface area contributed by atoms with E-state index in [-0.39, 0.29) is 17.0 Å². The molecule has 9 aromatic carbocycles. The molecule has 0 saturated carbocycles. The number of rotatable bonds is 9. The fourth-order valence-corrected chi connectivity index (χ4v) is 12.2. The second-order valence-corrected chi connectivity index (χ2v) is 21.1. The Morgan fingerprint density at radius 3 is 1.29 bits per heavy atom. The quantitative estimate of drug-likeness (QED) is 0.134. The number of aryl methyl sites for hydroxylation is 1. The van der Waals surface area contributed by atoms with Crippen molar-refractivity contribution in [2.24, 2.45) is 7.05 Å². The first kappa shape index (κ1) is 44.3. The van der Waals surface area contributed by atoms with E-state index in [1.165, 1.54) is 78.3 Å². The van der Waals surface area contributed by atoms with Crippen molar-refractivity contribution in [2.45, 2.75) is 44.7 Å². The van der Waals surface area contributed by atoms with Crippen LogP contribution in [0.2, 0.25) is 0 Å². The van der Waals surface area contributed by atoms with Gasteiger partial charge in [0.2, 0.25) is 0 Å². The zero-order chi connectivity index (χ0) is 49.6. The van der Waals surface area contributed by atoms with E-state index in [1.54, 1.807) is 0 Å². The van der Waals surface area contributed by atoms with Gasteiger partial charge >= 0.3 is 0 Å². The smallest absolute Gasteiger partial charge is 0.169 e. The highest BCUT2D eigenvalue weighted by Crippen LogP contribution is 2.58. The van der Waals surface area contributed by atoms with E-state index in [1.807, 2.05) is 0 Å². The van der Waals surface area contributed by atoms with Gasteiger partial charge in [-0.15, -0.1) is 0 Å². The van der Waals surface area contributed by atoms with Crippen molar-refractivity contribution in [3.05, 3.63) is 265 Å². The van der Waals surface area contributed by atoms with Crippen molar-refractivity contribution >= 4 is 51.2 Å². The average Bonchev–Trinajstić information content (AvgIpc) is 3.94. The molecule has 0 amide bonds. The van der Waals surface area contributed by atoms with Gasteiger partial charge in [0.05, 0.1) is 11.4 Å². The highest BCUT2D eigenvalue weighted by atomic mass is 15.4. The lowest BCUT2D eigenvalue weighted by Crippen LogP contribution is -2.30. The molecule has 0 N–H and O–H groups in total. The van der Waals surface area contributed by atoms with Crippen LogP contribution in [-0.4, -0.2) is 7.05 Å². The van der Waals surface area contributed by atoms with E-state index >= 15 is 0 Å². The Bertz CT molecular complexity index is 3700. The minimum absolute atomic E-state index is 0.00965. The molecule has 0 saturated heterocycles. The lowest BCUT2D eigenvalue weighted by Gasteiger charge is -2.32. The molecule has 13 rings (SSSR count).